The highest BCUT2D eigenvalue weighted by Crippen LogP contribution is 2.22. The van der Waals surface area contributed by atoms with Crippen molar-refractivity contribution in [2.75, 3.05) is 24.6 Å². The number of carbonyl (C=O) groups is 1. The molecule has 0 aromatic carbocycles. The normalized spacial score (nSPS) is 10.4. The highest BCUT2D eigenvalue weighted by atomic mass is 79.9. The van der Waals surface area contributed by atoms with E-state index in [1.165, 1.54) is 6.07 Å². The Morgan fingerprint density at radius 2 is 2.22 bits per heavy atom. The number of aromatic carboxylic acids is 1. The van der Waals surface area contributed by atoms with Crippen molar-refractivity contribution in [2.24, 2.45) is 0 Å². The van der Waals surface area contributed by atoms with E-state index < -0.39 is 5.97 Å². The van der Waals surface area contributed by atoms with Crippen LogP contribution in [0.1, 0.15) is 30.1 Å². The Kier molecular flexibility index (Phi) is 6.07. The Balaban J connectivity index is 3.05. The lowest BCUT2D eigenvalue weighted by atomic mass is 10.2. The van der Waals surface area contributed by atoms with Gasteiger partial charge in [-0.15, -0.1) is 0 Å². The molecule has 1 aromatic rings. The zero-order valence-corrected chi connectivity index (χ0v) is 11.9. The van der Waals surface area contributed by atoms with Crippen LogP contribution in [0, 0.1) is 0 Å². The Labute approximate surface area is 115 Å². The molecule has 0 saturated heterocycles. The van der Waals surface area contributed by atoms with Crippen molar-refractivity contribution in [2.45, 2.75) is 19.8 Å². The summed E-state index contributed by atoms with van der Waals surface area (Å²) in [7, 11) is 0. The topological polar surface area (TPSA) is 73.7 Å². The molecule has 1 heterocycles. The summed E-state index contributed by atoms with van der Waals surface area (Å²) in [6.07, 6.45) is 3.50. The van der Waals surface area contributed by atoms with Gasteiger partial charge in [-0.05, 0) is 28.4 Å². The second kappa shape index (κ2) is 7.33. The zero-order chi connectivity index (χ0) is 13.5. The third kappa shape index (κ3) is 3.96. The van der Waals surface area contributed by atoms with Crippen LogP contribution >= 0.6 is 15.9 Å². The summed E-state index contributed by atoms with van der Waals surface area (Å²) in [6.45, 7) is 3.10. The predicted molar refractivity (Wildman–Crippen MR) is 73.1 cm³/mol. The molecule has 0 aliphatic rings. The number of aromatic nitrogens is 1. The SMILES string of the molecule is CCCCN(CCO)c1ncc(Br)cc1C(=O)O. The summed E-state index contributed by atoms with van der Waals surface area (Å²) in [5.74, 6) is -0.605. The van der Waals surface area contributed by atoms with Crippen molar-refractivity contribution in [3.05, 3.63) is 22.3 Å². The van der Waals surface area contributed by atoms with Gasteiger partial charge in [-0.3, -0.25) is 0 Å². The minimum atomic E-state index is -1.02. The second-order valence-electron chi connectivity index (χ2n) is 3.89. The fraction of sp³-hybridized carbons (Fsp3) is 0.500. The largest absolute Gasteiger partial charge is 0.478 e. The third-order valence-electron chi connectivity index (χ3n) is 2.51. The maximum atomic E-state index is 11.2. The fourth-order valence-corrected chi connectivity index (χ4v) is 1.97. The van der Waals surface area contributed by atoms with Crippen LogP contribution in [0.3, 0.4) is 0 Å². The molecule has 0 unspecified atom stereocenters. The van der Waals surface area contributed by atoms with Crippen LogP contribution in [0.25, 0.3) is 0 Å². The Morgan fingerprint density at radius 3 is 2.78 bits per heavy atom. The first-order chi connectivity index (χ1) is 8.60. The molecule has 0 aliphatic carbocycles. The molecule has 0 atom stereocenters. The standard InChI is InChI=1S/C12H17BrN2O3/c1-2-3-4-15(5-6-16)11-10(12(17)18)7-9(13)8-14-11/h7-8,16H,2-6H2,1H3,(H,17,18). The molecule has 18 heavy (non-hydrogen) atoms. The van der Waals surface area contributed by atoms with E-state index in [9.17, 15) is 9.90 Å². The van der Waals surface area contributed by atoms with Crippen LogP contribution in [0.2, 0.25) is 0 Å². The first-order valence-electron chi connectivity index (χ1n) is 5.84. The van der Waals surface area contributed by atoms with Gasteiger partial charge in [-0.1, -0.05) is 13.3 Å². The molecule has 0 aliphatic heterocycles. The van der Waals surface area contributed by atoms with Crippen molar-refractivity contribution in [1.82, 2.24) is 4.98 Å². The molecule has 0 amide bonds. The van der Waals surface area contributed by atoms with Crippen molar-refractivity contribution < 1.29 is 15.0 Å². The maximum absolute atomic E-state index is 11.2. The number of unbranched alkanes of at least 4 members (excludes halogenated alkanes) is 1. The monoisotopic (exact) mass is 316 g/mol. The minimum Gasteiger partial charge on any atom is -0.478 e. The van der Waals surface area contributed by atoms with Crippen LogP contribution < -0.4 is 4.90 Å². The smallest absolute Gasteiger partial charge is 0.339 e. The van der Waals surface area contributed by atoms with Gasteiger partial charge in [-0.2, -0.15) is 0 Å². The number of pyridine rings is 1. The molecule has 0 radical (unpaired) electrons. The van der Waals surface area contributed by atoms with E-state index in [4.69, 9.17) is 5.11 Å². The van der Waals surface area contributed by atoms with Crippen LogP contribution in [-0.4, -0.2) is 40.9 Å². The van der Waals surface area contributed by atoms with Gasteiger partial charge in [0.2, 0.25) is 0 Å². The van der Waals surface area contributed by atoms with Crippen LogP contribution in [-0.2, 0) is 0 Å². The molecule has 0 saturated carbocycles. The first-order valence-corrected chi connectivity index (χ1v) is 6.64. The lowest BCUT2D eigenvalue weighted by molar-refractivity contribution is 0.0697. The number of carboxylic acid groups (broad SMARTS) is 1. The van der Waals surface area contributed by atoms with Gasteiger partial charge in [0.05, 0.1) is 6.61 Å². The highest BCUT2D eigenvalue weighted by Gasteiger charge is 2.17. The number of aliphatic hydroxyl groups is 1. The lowest BCUT2D eigenvalue weighted by Gasteiger charge is -2.24. The number of anilines is 1. The van der Waals surface area contributed by atoms with E-state index in [-0.39, 0.29) is 12.2 Å². The summed E-state index contributed by atoms with van der Waals surface area (Å²) in [6, 6.07) is 1.53. The molecular weight excluding hydrogens is 300 g/mol. The van der Waals surface area contributed by atoms with Crippen molar-refractivity contribution in [3.63, 3.8) is 0 Å². The number of carboxylic acids is 1. The Morgan fingerprint density at radius 1 is 1.50 bits per heavy atom. The molecule has 5 nitrogen and oxygen atoms in total. The van der Waals surface area contributed by atoms with Crippen molar-refractivity contribution in [1.29, 1.82) is 0 Å². The summed E-state index contributed by atoms with van der Waals surface area (Å²) >= 11 is 3.21. The van der Waals surface area contributed by atoms with Gasteiger partial charge in [0.15, 0.2) is 0 Å². The second-order valence-corrected chi connectivity index (χ2v) is 4.81. The summed E-state index contributed by atoms with van der Waals surface area (Å²) in [4.78, 5) is 17.2. The number of nitrogens with zero attached hydrogens (tertiary/aromatic N) is 2. The quantitative estimate of drug-likeness (QED) is 0.806. The minimum absolute atomic E-state index is 0.0273. The van der Waals surface area contributed by atoms with E-state index >= 15 is 0 Å². The molecule has 100 valence electrons. The molecule has 1 aromatic heterocycles. The Hall–Kier alpha value is -1.14. The average Bonchev–Trinajstić information content (AvgIpc) is 2.34. The van der Waals surface area contributed by atoms with Crippen LogP contribution in [0.4, 0.5) is 5.82 Å². The third-order valence-corrected chi connectivity index (χ3v) is 2.95. The molecule has 6 heteroatoms. The van der Waals surface area contributed by atoms with Crippen molar-refractivity contribution in [3.8, 4) is 0 Å². The first kappa shape index (κ1) is 14.9. The highest BCUT2D eigenvalue weighted by molar-refractivity contribution is 9.10. The molecule has 0 fully saturated rings. The molecule has 1 rings (SSSR count). The predicted octanol–water partition coefficient (Wildman–Crippen LogP) is 2.14. The van der Waals surface area contributed by atoms with Gasteiger partial charge in [0.25, 0.3) is 0 Å². The molecular formula is C12H17BrN2O3. The molecule has 0 spiro atoms. The van der Waals surface area contributed by atoms with E-state index in [1.54, 1.807) is 11.1 Å². The number of hydrogen-bond donors (Lipinski definition) is 2. The van der Waals surface area contributed by atoms with Crippen LogP contribution in [0.5, 0.6) is 0 Å². The van der Waals surface area contributed by atoms with Gasteiger partial charge >= 0.3 is 5.97 Å². The van der Waals surface area contributed by atoms with Gasteiger partial charge < -0.3 is 15.1 Å². The average molecular weight is 317 g/mol. The molecule has 2 N–H and O–H groups in total. The lowest BCUT2D eigenvalue weighted by Crippen LogP contribution is -2.30. The van der Waals surface area contributed by atoms with Gasteiger partial charge in [0.1, 0.15) is 11.4 Å². The van der Waals surface area contributed by atoms with Crippen LogP contribution in [0.15, 0.2) is 16.7 Å². The number of hydrogen-bond acceptors (Lipinski definition) is 4. The number of rotatable bonds is 7. The summed E-state index contributed by atoms with van der Waals surface area (Å²) < 4.78 is 0.628. The number of aliphatic hydroxyl groups excluding tert-OH is 1. The Bertz CT molecular complexity index is 412. The van der Waals surface area contributed by atoms with E-state index in [1.807, 2.05) is 0 Å². The van der Waals surface area contributed by atoms with E-state index in [0.717, 1.165) is 12.8 Å². The van der Waals surface area contributed by atoms with Crippen molar-refractivity contribution >= 4 is 27.7 Å². The molecule has 0 bridgehead atoms. The fourth-order valence-electron chi connectivity index (χ4n) is 1.63. The van der Waals surface area contributed by atoms with Gasteiger partial charge in [0, 0.05) is 23.8 Å². The zero-order valence-electron chi connectivity index (χ0n) is 10.3. The van der Waals surface area contributed by atoms with Gasteiger partial charge in [-0.25, -0.2) is 9.78 Å². The maximum Gasteiger partial charge on any atom is 0.339 e. The van der Waals surface area contributed by atoms with E-state index in [0.29, 0.717) is 23.4 Å². The summed E-state index contributed by atoms with van der Waals surface area (Å²) in [5, 5.41) is 18.2. The summed E-state index contributed by atoms with van der Waals surface area (Å²) in [5.41, 5.74) is 0.147. The van der Waals surface area contributed by atoms with E-state index in [2.05, 4.69) is 27.8 Å². The number of halogens is 1.